The predicted octanol–water partition coefficient (Wildman–Crippen LogP) is 4.97. The van der Waals surface area contributed by atoms with Gasteiger partial charge >= 0.3 is 12.1 Å². The molecule has 0 saturated carbocycles. The van der Waals surface area contributed by atoms with Crippen LogP contribution >= 0.6 is 0 Å². The highest BCUT2D eigenvalue weighted by molar-refractivity contribution is 7.90. The first-order valence-corrected chi connectivity index (χ1v) is 14.1. The Bertz CT molecular complexity index is 1730. The fraction of sp³-hybridized carbons (Fsp3) is 0.138. The maximum absolute atomic E-state index is 13.4. The number of alkyl halides is 3. The summed E-state index contributed by atoms with van der Waals surface area (Å²) in [5, 5.41) is 15.0. The van der Waals surface area contributed by atoms with E-state index in [0.29, 0.717) is 11.4 Å². The number of nitrogen functional groups attached to an aromatic ring is 1. The molecule has 1 unspecified atom stereocenters. The van der Waals surface area contributed by atoms with E-state index in [9.17, 15) is 26.4 Å². The molecule has 4 rings (SSSR count). The van der Waals surface area contributed by atoms with Gasteiger partial charge in [-0.2, -0.15) is 13.2 Å². The van der Waals surface area contributed by atoms with Gasteiger partial charge in [0.2, 0.25) is 5.91 Å². The molecule has 9 nitrogen and oxygen atoms in total. The minimum absolute atomic E-state index is 0.0708. The molecule has 0 bridgehead atoms. The Morgan fingerprint density at radius 2 is 1.76 bits per heavy atom. The molecule has 220 valence electrons. The van der Waals surface area contributed by atoms with E-state index in [1.54, 1.807) is 30.5 Å². The van der Waals surface area contributed by atoms with Gasteiger partial charge in [-0.1, -0.05) is 49.1 Å². The number of nitrogens with two attached hydrogens (primary N) is 1. The van der Waals surface area contributed by atoms with E-state index < -0.39 is 28.0 Å². The Morgan fingerprint density at radius 1 is 1.07 bits per heavy atom. The van der Waals surface area contributed by atoms with E-state index in [-0.39, 0.29) is 17.3 Å². The summed E-state index contributed by atoms with van der Waals surface area (Å²) in [6.07, 6.45) is -0.578. The molecular weight excluding hydrogens is 573 g/mol. The topological polar surface area (TPSA) is 151 Å². The van der Waals surface area contributed by atoms with Gasteiger partial charge < -0.3 is 21.5 Å². The van der Waals surface area contributed by atoms with E-state index >= 15 is 0 Å². The fourth-order valence-corrected chi connectivity index (χ4v) is 4.86. The smallest absolute Gasteiger partial charge is 0.475 e. The van der Waals surface area contributed by atoms with Crippen molar-refractivity contribution in [1.82, 2.24) is 10.3 Å². The normalized spacial score (nSPS) is 12.0. The van der Waals surface area contributed by atoms with E-state index in [2.05, 4.69) is 22.2 Å². The number of rotatable bonds is 8. The van der Waals surface area contributed by atoms with Crippen LogP contribution in [0.5, 0.6) is 0 Å². The zero-order valence-corrected chi connectivity index (χ0v) is 23.0. The van der Waals surface area contributed by atoms with Crippen LogP contribution in [0.2, 0.25) is 0 Å². The van der Waals surface area contributed by atoms with Gasteiger partial charge in [0.25, 0.3) is 0 Å². The number of hydrogen-bond acceptors (Lipinski definition) is 7. The molecule has 0 aliphatic heterocycles. The molecular formula is C29H27F3N4O5S. The zero-order chi connectivity index (χ0) is 31.1. The maximum Gasteiger partial charge on any atom is 0.490 e. The number of fused-ring (bicyclic) bond motifs is 1. The number of nitrogens with zero attached hydrogens (tertiary/aromatic N) is 1. The van der Waals surface area contributed by atoms with Crippen LogP contribution < -0.4 is 16.4 Å². The number of hydrogen-bond donors (Lipinski definition) is 4. The summed E-state index contributed by atoms with van der Waals surface area (Å²) >= 11 is 0. The second kappa shape index (κ2) is 13.2. The van der Waals surface area contributed by atoms with Crippen LogP contribution in [0.25, 0.3) is 16.8 Å². The minimum Gasteiger partial charge on any atom is -0.475 e. The molecule has 1 aromatic heterocycles. The molecule has 42 heavy (non-hydrogen) atoms. The highest BCUT2D eigenvalue weighted by Crippen LogP contribution is 2.27. The number of sulfone groups is 1. The number of aliphatic carboxylic acids is 1. The molecule has 1 amide bonds. The number of halogens is 3. The van der Waals surface area contributed by atoms with Gasteiger partial charge in [0.05, 0.1) is 4.90 Å². The SMILES string of the molecule is C=Cc1cccc(C(Nc2ccc3c(N)nccc3c2)C(=O)NCc2ccccc2S(C)(=O)=O)c1.O=C(O)C(F)(F)F. The number of carbonyl (C=O) groups excluding carboxylic acids is 1. The molecule has 1 atom stereocenters. The first-order chi connectivity index (χ1) is 19.7. The molecule has 13 heteroatoms. The summed E-state index contributed by atoms with van der Waals surface area (Å²) in [6, 6.07) is 20.9. The summed E-state index contributed by atoms with van der Waals surface area (Å²) in [7, 11) is -3.43. The van der Waals surface area contributed by atoms with Crippen molar-refractivity contribution >= 4 is 50.1 Å². The molecule has 4 aromatic rings. The summed E-state index contributed by atoms with van der Waals surface area (Å²) in [6.45, 7) is 3.89. The number of anilines is 2. The Labute approximate surface area is 239 Å². The lowest BCUT2D eigenvalue weighted by Gasteiger charge is -2.21. The summed E-state index contributed by atoms with van der Waals surface area (Å²) in [4.78, 5) is 26.6. The number of carbonyl (C=O) groups is 2. The summed E-state index contributed by atoms with van der Waals surface area (Å²) in [5.74, 6) is -2.62. The Morgan fingerprint density at radius 3 is 2.40 bits per heavy atom. The van der Waals surface area contributed by atoms with Gasteiger partial charge in [0.15, 0.2) is 9.84 Å². The third-order valence-electron chi connectivity index (χ3n) is 5.92. The van der Waals surface area contributed by atoms with Gasteiger partial charge in [0.1, 0.15) is 11.9 Å². The summed E-state index contributed by atoms with van der Waals surface area (Å²) < 4.78 is 56.0. The van der Waals surface area contributed by atoms with Gasteiger partial charge in [-0.25, -0.2) is 18.2 Å². The lowest BCUT2D eigenvalue weighted by molar-refractivity contribution is -0.192. The standard InChI is InChI=1S/C27H26N4O3S.C2HF3O2/c1-3-18-7-6-9-20(15-18)25(31-22-11-12-23-19(16-22)13-14-29-26(23)28)27(32)30-17-21-8-4-5-10-24(21)35(2,33)34;3-2(4,5)1(6)7/h3-16,25,31H,1,17H2,2H3,(H2,28,29)(H,30,32);(H,6,7). The van der Waals surface area contributed by atoms with Crippen LogP contribution in [0.1, 0.15) is 22.7 Å². The van der Waals surface area contributed by atoms with E-state index in [1.807, 2.05) is 48.5 Å². The van der Waals surface area contributed by atoms with Crippen LogP contribution in [0.4, 0.5) is 24.7 Å². The van der Waals surface area contributed by atoms with Crippen molar-refractivity contribution in [2.75, 3.05) is 17.3 Å². The van der Waals surface area contributed by atoms with Crippen LogP contribution in [-0.4, -0.2) is 42.8 Å². The molecule has 1 heterocycles. The van der Waals surface area contributed by atoms with Gasteiger partial charge in [-0.05, 0) is 58.5 Å². The largest absolute Gasteiger partial charge is 0.490 e. The van der Waals surface area contributed by atoms with E-state index in [4.69, 9.17) is 15.6 Å². The van der Waals surface area contributed by atoms with Crippen molar-refractivity contribution in [2.24, 2.45) is 0 Å². The molecule has 0 fully saturated rings. The average Bonchev–Trinajstić information content (AvgIpc) is 2.94. The van der Waals surface area contributed by atoms with Crippen molar-refractivity contribution in [3.63, 3.8) is 0 Å². The minimum atomic E-state index is -5.08. The van der Waals surface area contributed by atoms with Crippen LogP contribution in [0.3, 0.4) is 0 Å². The monoisotopic (exact) mass is 600 g/mol. The third-order valence-corrected chi connectivity index (χ3v) is 7.11. The quantitative estimate of drug-likeness (QED) is 0.221. The highest BCUT2D eigenvalue weighted by atomic mass is 32.2. The molecule has 0 aliphatic carbocycles. The molecule has 0 spiro atoms. The van der Waals surface area contributed by atoms with Crippen molar-refractivity contribution in [2.45, 2.75) is 23.7 Å². The van der Waals surface area contributed by atoms with Crippen LogP contribution in [0, 0.1) is 0 Å². The molecule has 3 aromatic carbocycles. The van der Waals surface area contributed by atoms with Gasteiger partial charge in [-0.3, -0.25) is 4.79 Å². The lowest BCUT2D eigenvalue weighted by atomic mass is 10.0. The van der Waals surface area contributed by atoms with Crippen molar-refractivity contribution in [3.8, 4) is 0 Å². The first kappa shape index (κ1) is 31.6. The number of aromatic nitrogens is 1. The maximum atomic E-state index is 13.4. The van der Waals surface area contributed by atoms with Crippen molar-refractivity contribution in [1.29, 1.82) is 0 Å². The Kier molecular flexibility index (Phi) is 9.91. The molecule has 0 radical (unpaired) electrons. The fourth-order valence-electron chi connectivity index (χ4n) is 3.92. The van der Waals surface area contributed by atoms with Crippen LogP contribution in [0.15, 0.2) is 90.5 Å². The zero-order valence-electron chi connectivity index (χ0n) is 22.2. The van der Waals surface area contributed by atoms with Gasteiger partial charge in [0, 0.05) is 30.1 Å². The second-order valence-corrected chi connectivity index (χ2v) is 11.0. The third kappa shape index (κ3) is 8.30. The van der Waals surface area contributed by atoms with Crippen molar-refractivity contribution < 1.29 is 36.3 Å². The molecule has 5 N–H and O–H groups in total. The Balaban J connectivity index is 0.000000616. The van der Waals surface area contributed by atoms with E-state index in [0.717, 1.165) is 33.8 Å². The second-order valence-electron chi connectivity index (χ2n) is 8.98. The molecule has 0 saturated heterocycles. The van der Waals surface area contributed by atoms with Crippen molar-refractivity contribution in [3.05, 3.63) is 102 Å². The number of pyridine rings is 1. The number of amides is 1. The number of benzene rings is 3. The van der Waals surface area contributed by atoms with Gasteiger partial charge in [-0.15, -0.1) is 0 Å². The highest BCUT2D eigenvalue weighted by Gasteiger charge is 2.38. The summed E-state index contributed by atoms with van der Waals surface area (Å²) in [5.41, 5.74) is 8.84. The number of nitrogens with one attached hydrogen (secondary N) is 2. The van der Waals surface area contributed by atoms with Crippen LogP contribution in [-0.2, 0) is 26.0 Å². The lowest BCUT2D eigenvalue weighted by Crippen LogP contribution is -2.33. The Hall–Kier alpha value is -4.91. The predicted molar refractivity (Wildman–Crippen MR) is 154 cm³/mol. The van der Waals surface area contributed by atoms with E-state index in [1.165, 1.54) is 6.07 Å². The number of carboxylic acid groups (broad SMARTS) is 1. The molecule has 0 aliphatic rings. The number of carboxylic acids is 1. The first-order valence-electron chi connectivity index (χ1n) is 12.2. The average molecular weight is 601 g/mol.